The monoisotopic (exact) mass is 274 g/mol. The molecule has 1 fully saturated rings. The van der Waals surface area contributed by atoms with Crippen LogP contribution in [0.5, 0.6) is 0 Å². The molecule has 0 atom stereocenters. The molecule has 0 aliphatic carbocycles. The van der Waals surface area contributed by atoms with Crippen LogP contribution in [0.2, 0.25) is 0 Å². The minimum absolute atomic E-state index is 0.176. The van der Waals surface area contributed by atoms with Crippen molar-refractivity contribution in [3.05, 3.63) is 0 Å². The molecule has 0 aromatic heterocycles. The molecule has 0 unspecified atom stereocenters. The topological polar surface area (TPSA) is 50.4 Å². The van der Waals surface area contributed by atoms with Gasteiger partial charge in [-0.3, -0.25) is 4.79 Å². The molecule has 0 bridgehead atoms. The van der Waals surface area contributed by atoms with Crippen molar-refractivity contribution in [2.75, 3.05) is 45.4 Å². The highest BCUT2D eigenvalue weighted by molar-refractivity contribution is 7.98. The van der Waals surface area contributed by atoms with E-state index in [1.165, 1.54) is 12.2 Å². The second kappa shape index (κ2) is 8.77. The third-order valence-corrected chi connectivity index (χ3v) is 4.22. The van der Waals surface area contributed by atoms with Gasteiger partial charge >= 0.3 is 0 Å². The fourth-order valence-electron chi connectivity index (χ4n) is 2.38. The Morgan fingerprint density at radius 1 is 1.39 bits per heavy atom. The largest absolute Gasteiger partial charge is 0.384 e. The summed E-state index contributed by atoms with van der Waals surface area (Å²) >= 11 is 1.85. The molecule has 0 aromatic rings. The highest BCUT2D eigenvalue weighted by Crippen LogP contribution is 2.29. The Bertz CT molecular complexity index is 238. The van der Waals surface area contributed by atoms with Crippen molar-refractivity contribution in [2.24, 2.45) is 5.41 Å². The van der Waals surface area contributed by atoms with E-state index in [0.29, 0.717) is 6.61 Å². The fourth-order valence-corrected chi connectivity index (χ4v) is 2.87. The molecule has 1 rings (SSSR count). The van der Waals surface area contributed by atoms with Gasteiger partial charge in [0.05, 0.1) is 12.0 Å². The fraction of sp³-hybridized carbons (Fsp3) is 0.923. The van der Waals surface area contributed by atoms with E-state index in [-0.39, 0.29) is 11.3 Å². The third-order valence-electron chi connectivity index (χ3n) is 3.52. The molecule has 1 aliphatic heterocycles. The molecule has 0 radical (unpaired) electrons. The number of methoxy groups -OCH3 is 1. The Kier molecular flexibility index (Phi) is 7.70. The highest BCUT2D eigenvalue weighted by Gasteiger charge is 2.39. The van der Waals surface area contributed by atoms with Crippen LogP contribution in [0.1, 0.15) is 25.7 Å². The van der Waals surface area contributed by atoms with Gasteiger partial charge in [0.25, 0.3) is 0 Å². The quantitative estimate of drug-likeness (QED) is 0.654. The molecule has 1 heterocycles. The molecule has 0 spiro atoms. The molecule has 5 heteroatoms. The molecule has 0 saturated carbocycles. The number of hydrogen-bond acceptors (Lipinski definition) is 4. The summed E-state index contributed by atoms with van der Waals surface area (Å²) in [5, 5.41) is 6.38. The van der Waals surface area contributed by atoms with E-state index >= 15 is 0 Å². The van der Waals surface area contributed by atoms with Crippen LogP contribution < -0.4 is 10.6 Å². The highest BCUT2D eigenvalue weighted by atomic mass is 32.2. The number of ether oxygens (including phenoxy) is 1. The van der Waals surface area contributed by atoms with Crippen LogP contribution >= 0.6 is 11.8 Å². The summed E-state index contributed by atoms with van der Waals surface area (Å²) in [6.07, 6.45) is 6.09. The van der Waals surface area contributed by atoms with Gasteiger partial charge in [0, 0.05) is 13.7 Å². The lowest BCUT2D eigenvalue weighted by atomic mass is 9.78. The number of rotatable bonds is 8. The Balaban J connectivity index is 2.35. The maximum Gasteiger partial charge on any atom is 0.228 e. The second-order valence-electron chi connectivity index (χ2n) is 4.92. The molecule has 1 amide bonds. The zero-order valence-corrected chi connectivity index (χ0v) is 12.4. The van der Waals surface area contributed by atoms with Gasteiger partial charge < -0.3 is 15.4 Å². The first-order chi connectivity index (χ1) is 8.75. The van der Waals surface area contributed by atoms with Gasteiger partial charge in [-0.25, -0.2) is 0 Å². The van der Waals surface area contributed by atoms with Gasteiger partial charge in [0.1, 0.15) is 0 Å². The lowest BCUT2D eigenvalue weighted by molar-refractivity contribution is -0.136. The Hall–Kier alpha value is -0.260. The van der Waals surface area contributed by atoms with E-state index in [9.17, 15) is 4.79 Å². The average Bonchev–Trinajstić information content (AvgIpc) is 2.39. The van der Waals surface area contributed by atoms with Gasteiger partial charge in [-0.2, -0.15) is 11.8 Å². The van der Waals surface area contributed by atoms with Crippen LogP contribution in [0.3, 0.4) is 0 Å². The van der Waals surface area contributed by atoms with Crippen molar-refractivity contribution in [1.82, 2.24) is 10.6 Å². The maximum atomic E-state index is 12.3. The van der Waals surface area contributed by atoms with E-state index in [1.54, 1.807) is 7.11 Å². The third kappa shape index (κ3) is 4.78. The lowest BCUT2D eigenvalue weighted by Gasteiger charge is -2.35. The van der Waals surface area contributed by atoms with Crippen molar-refractivity contribution in [3.63, 3.8) is 0 Å². The first-order valence-electron chi connectivity index (χ1n) is 6.72. The summed E-state index contributed by atoms with van der Waals surface area (Å²) in [6.45, 7) is 3.14. The Labute approximate surface area is 115 Å². The standard InChI is InChI=1S/C13H26N2O2S/c1-17-11-13(5-8-14-9-6-13)12(16)15-7-3-4-10-18-2/h14H,3-11H2,1-2H3,(H,15,16). The number of hydrogen-bond donors (Lipinski definition) is 2. The van der Waals surface area contributed by atoms with Crippen LogP contribution in [-0.2, 0) is 9.53 Å². The van der Waals surface area contributed by atoms with Gasteiger partial charge in [-0.05, 0) is 50.8 Å². The zero-order valence-electron chi connectivity index (χ0n) is 11.6. The predicted molar refractivity (Wildman–Crippen MR) is 77.0 cm³/mol. The number of piperidine rings is 1. The number of amides is 1. The summed E-state index contributed by atoms with van der Waals surface area (Å²) in [6, 6.07) is 0. The number of carbonyl (C=O) groups is 1. The van der Waals surface area contributed by atoms with Gasteiger partial charge in [-0.1, -0.05) is 0 Å². The van der Waals surface area contributed by atoms with Gasteiger partial charge in [0.2, 0.25) is 5.91 Å². The van der Waals surface area contributed by atoms with Crippen molar-refractivity contribution < 1.29 is 9.53 Å². The smallest absolute Gasteiger partial charge is 0.228 e. The molecular weight excluding hydrogens is 248 g/mol. The van der Waals surface area contributed by atoms with Crippen molar-refractivity contribution in [1.29, 1.82) is 0 Å². The zero-order chi connectivity index (χ0) is 13.3. The van der Waals surface area contributed by atoms with Crippen LogP contribution in [0.15, 0.2) is 0 Å². The number of carbonyl (C=O) groups excluding carboxylic acids is 1. The van der Waals surface area contributed by atoms with E-state index in [2.05, 4.69) is 16.9 Å². The molecule has 4 nitrogen and oxygen atoms in total. The minimum Gasteiger partial charge on any atom is -0.384 e. The van der Waals surface area contributed by atoms with E-state index in [0.717, 1.165) is 38.9 Å². The van der Waals surface area contributed by atoms with E-state index in [1.807, 2.05) is 11.8 Å². The van der Waals surface area contributed by atoms with Crippen LogP contribution in [0.4, 0.5) is 0 Å². The minimum atomic E-state index is -0.306. The van der Waals surface area contributed by atoms with Crippen LogP contribution in [0, 0.1) is 5.41 Å². The van der Waals surface area contributed by atoms with Crippen molar-refractivity contribution in [2.45, 2.75) is 25.7 Å². The average molecular weight is 274 g/mol. The first kappa shape index (κ1) is 15.8. The predicted octanol–water partition coefficient (Wildman–Crippen LogP) is 1.26. The maximum absolute atomic E-state index is 12.3. The number of thioether (sulfide) groups is 1. The normalized spacial score (nSPS) is 18.6. The molecule has 1 saturated heterocycles. The first-order valence-corrected chi connectivity index (χ1v) is 8.11. The number of unbranched alkanes of at least 4 members (excludes halogenated alkanes) is 1. The molecule has 18 heavy (non-hydrogen) atoms. The SMILES string of the molecule is COCC1(C(=O)NCCCCSC)CCNCC1. The number of nitrogens with one attached hydrogen (secondary N) is 2. The van der Waals surface area contributed by atoms with Gasteiger partial charge in [-0.15, -0.1) is 0 Å². The summed E-state index contributed by atoms with van der Waals surface area (Å²) in [7, 11) is 1.68. The molecule has 2 N–H and O–H groups in total. The molecule has 1 aliphatic rings. The molecule has 106 valence electrons. The summed E-state index contributed by atoms with van der Waals surface area (Å²) in [5.41, 5.74) is -0.306. The Morgan fingerprint density at radius 2 is 2.11 bits per heavy atom. The second-order valence-corrected chi connectivity index (χ2v) is 5.90. The van der Waals surface area contributed by atoms with Gasteiger partial charge in [0.15, 0.2) is 0 Å². The Morgan fingerprint density at radius 3 is 2.72 bits per heavy atom. The van der Waals surface area contributed by atoms with E-state index in [4.69, 9.17) is 4.74 Å². The van der Waals surface area contributed by atoms with Crippen molar-refractivity contribution >= 4 is 17.7 Å². The van der Waals surface area contributed by atoms with Crippen molar-refractivity contribution in [3.8, 4) is 0 Å². The lowest BCUT2D eigenvalue weighted by Crippen LogP contribution is -2.50. The van der Waals surface area contributed by atoms with E-state index < -0.39 is 0 Å². The van der Waals surface area contributed by atoms with Crippen LogP contribution in [0.25, 0.3) is 0 Å². The summed E-state index contributed by atoms with van der Waals surface area (Å²) < 4.78 is 5.26. The summed E-state index contributed by atoms with van der Waals surface area (Å²) in [4.78, 5) is 12.3. The summed E-state index contributed by atoms with van der Waals surface area (Å²) in [5.74, 6) is 1.35. The molecular formula is C13H26N2O2S. The molecule has 0 aromatic carbocycles. The van der Waals surface area contributed by atoms with Crippen LogP contribution in [-0.4, -0.2) is 51.3 Å².